The normalized spacial score (nSPS) is 13.1. The first-order valence-electron chi connectivity index (χ1n) is 13.6. The molecule has 0 unspecified atom stereocenters. The van der Waals surface area contributed by atoms with Gasteiger partial charge < -0.3 is 45.3 Å². The molecule has 2 heterocycles. The second-order valence-electron chi connectivity index (χ2n) is 9.16. The Bertz CT molecular complexity index is 1230. The number of carbonyl (C=O) groups is 1. The molecule has 5 N–H and O–H groups in total. The summed E-state index contributed by atoms with van der Waals surface area (Å²) in [6.45, 7) is 5.70. The molecule has 0 saturated carbocycles. The van der Waals surface area contributed by atoms with Gasteiger partial charge >= 0.3 is 0 Å². The molecule has 0 bridgehead atoms. The number of nitrogens with zero attached hydrogens (tertiary/aromatic N) is 4. The number of aromatic hydroxyl groups is 2. The lowest BCUT2D eigenvalue weighted by Gasteiger charge is -2.27. The van der Waals surface area contributed by atoms with E-state index in [0.29, 0.717) is 102 Å². The lowest BCUT2D eigenvalue weighted by molar-refractivity contribution is 0.0519. The third-order valence-corrected chi connectivity index (χ3v) is 6.12. The van der Waals surface area contributed by atoms with Crippen molar-refractivity contribution < 1.29 is 29.2 Å². The number of hydrogen-bond donors (Lipinski definition) is 5. The number of carbonyl (C=O) groups excluding carboxylic acids is 1. The number of benzene rings is 2. The van der Waals surface area contributed by atoms with Crippen molar-refractivity contribution in [2.45, 2.75) is 6.42 Å². The van der Waals surface area contributed by atoms with Gasteiger partial charge in [0.15, 0.2) is 11.5 Å². The molecule has 13 nitrogen and oxygen atoms in total. The molecule has 0 spiro atoms. The van der Waals surface area contributed by atoms with Crippen molar-refractivity contribution in [3.05, 3.63) is 59.7 Å². The Labute approximate surface area is 238 Å². The number of morpholine rings is 1. The zero-order chi connectivity index (χ0) is 28.7. The Morgan fingerprint density at radius 2 is 1.51 bits per heavy atom. The van der Waals surface area contributed by atoms with Crippen LogP contribution in [0.3, 0.4) is 0 Å². The maximum absolute atomic E-state index is 12.0. The van der Waals surface area contributed by atoms with Gasteiger partial charge in [0.25, 0.3) is 5.91 Å². The number of phenols is 2. The zero-order valence-corrected chi connectivity index (χ0v) is 22.9. The highest BCUT2D eigenvalue weighted by Crippen LogP contribution is 2.25. The third kappa shape index (κ3) is 10.0. The molecule has 13 heteroatoms. The van der Waals surface area contributed by atoms with Crippen molar-refractivity contribution in [3.63, 3.8) is 0 Å². The first-order chi connectivity index (χ1) is 20.1. The van der Waals surface area contributed by atoms with Gasteiger partial charge in [0.05, 0.1) is 39.6 Å². The van der Waals surface area contributed by atoms with Gasteiger partial charge in [-0.3, -0.25) is 4.79 Å². The van der Waals surface area contributed by atoms with Crippen LogP contribution in [0, 0.1) is 0 Å². The van der Waals surface area contributed by atoms with Crippen molar-refractivity contribution in [1.29, 1.82) is 0 Å². The molecule has 4 rings (SSSR count). The first kappa shape index (κ1) is 29.8. The fourth-order valence-electron chi connectivity index (χ4n) is 3.96. The second-order valence-corrected chi connectivity index (χ2v) is 9.16. The number of ether oxygens (including phenoxy) is 3. The van der Waals surface area contributed by atoms with Crippen molar-refractivity contribution >= 4 is 23.8 Å². The van der Waals surface area contributed by atoms with Crippen LogP contribution >= 0.6 is 0 Å². The highest BCUT2D eigenvalue weighted by molar-refractivity contribution is 5.94. The number of aromatic nitrogens is 3. The van der Waals surface area contributed by atoms with Crippen LogP contribution in [0.25, 0.3) is 0 Å². The van der Waals surface area contributed by atoms with Crippen LogP contribution in [0.5, 0.6) is 11.5 Å². The molecule has 1 amide bonds. The Morgan fingerprint density at radius 1 is 0.829 bits per heavy atom. The molecule has 0 radical (unpaired) electrons. The number of nitrogens with one attached hydrogen (secondary N) is 3. The molecule has 1 aromatic heterocycles. The lowest BCUT2D eigenvalue weighted by Crippen LogP contribution is -2.37. The third-order valence-electron chi connectivity index (χ3n) is 6.12. The SMILES string of the molecule is O=C(NCCOCCOCCNc1nc(NCCc2ccc(O)c(O)c2)nc(N2CCOCC2)n1)c1ccccc1. The van der Waals surface area contributed by atoms with Gasteiger partial charge in [0.2, 0.25) is 17.8 Å². The summed E-state index contributed by atoms with van der Waals surface area (Å²) in [4.78, 5) is 27.7. The largest absolute Gasteiger partial charge is 0.504 e. The van der Waals surface area contributed by atoms with E-state index in [1.54, 1.807) is 18.2 Å². The van der Waals surface area contributed by atoms with Gasteiger partial charge in [-0.25, -0.2) is 0 Å². The second kappa shape index (κ2) is 16.2. The minimum Gasteiger partial charge on any atom is -0.504 e. The van der Waals surface area contributed by atoms with Gasteiger partial charge in [-0.1, -0.05) is 24.3 Å². The van der Waals surface area contributed by atoms with Crippen LogP contribution < -0.4 is 20.9 Å². The smallest absolute Gasteiger partial charge is 0.251 e. The summed E-state index contributed by atoms with van der Waals surface area (Å²) in [5.41, 5.74) is 1.49. The summed E-state index contributed by atoms with van der Waals surface area (Å²) in [6.07, 6.45) is 0.602. The Kier molecular flexibility index (Phi) is 11.7. The monoisotopic (exact) mass is 567 g/mol. The molecule has 2 aromatic carbocycles. The van der Waals surface area contributed by atoms with E-state index in [2.05, 4.69) is 35.8 Å². The number of phenolic OH excluding ortho intramolecular Hbond substituents is 2. The Morgan fingerprint density at radius 3 is 2.22 bits per heavy atom. The van der Waals surface area contributed by atoms with E-state index in [0.717, 1.165) is 5.56 Å². The molecule has 41 heavy (non-hydrogen) atoms. The summed E-state index contributed by atoms with van der Waals surface area (Å²) in [7, 11) is 0. The van der Waals surface area contributed by atoms with E-state index in [-0.39, 0.29) is 17.4 Å². The van der Waals surface area contributed by atoms with E-state index >= 15 is 0 Å². The van der Waals surface area contributed by atoms with Crippen molar-refractivity contribution in [2.24, 2.45) is 0 Å². The minimum absolute atomic E-state index is 0.123. The van der Waals surface area contributed by atoms with Gasteiger partial charge in [-0.15, -0.1) is 0 Å². The number of anilines is 3. The van der Waals surface area contributed by atoms with Crippen molar-refractivity contribution in [2.75, 3.05) is 87.9 Å². The van der Waals surface area contributed by atoms with Crippen LogP contribution in [0.15, 0.2) is 48.5 Å². The van der Waals surface area contributed by atoms with Gasteiger partial charge in [0, 0.05) is 38.3 Å². The Hall–Kier alpha value is -4.20. The fourth-order valence-corrected chi connectivity index (χ4v) is 3.96. The molecular weight excluding hydrogens is 530 g/mol. The number of amides is 1. The highest BCUT2D eigenvalue weighted by Gasteiger charge is 2.16. The zero-order valence-electron chi connectivity index (χ0n) is 22.9. The quantitative estimate of drug-likeness (QED) is 0.126. The summed E-state index contributed by atoms with van der Waals surface area (Å²) in [5, 5.41) is 28.4. The van der Waals surface area contributed by atoms with Gasteiger partial charge in [0.1, 0.15) is 0 Å². The average Bonchev–Trinajstić information content (AvgIpc) is 3.00. The molecule has 0 atom stereocenters. The predicted molar refractivity (Wildman–Crippen MR) is 154 cm³/mol. The summed E-state index contributed by atoms with van der Waals surface area (Å²) in [6, 6.07) is 13.8. The number of hydrogen-bond acceptors (Lipinski definition) is 12. The van der Waals surface area contributed by atoms with Crippen LogP contribution in [-0.2, 0) is 20.6 Å². The molecule has 220 valence electrons. The van der Waals surface area contributed by atoms with E-state index in [1.807, 2.05) is 18.2 Å². The van der Waals surface area contributed by atoms with Crippen molar-refractivity contribution in [3.8, 4) is 11.5 Å². The molecule has 1 aliphatic heterocycles. The first-order valence-corrected chi connectivity index (χ1v) is 13.6. The maximum Gasteiger partial charge on any atom is 0.251 e. The van der Waals surface area contributed by atoms with Crippen LogP contribution in [0.4, 0.5) is 17.8 Å². The topological polar surface area (TPSA) is 163 Å². The molecular formula is C28H37N7O6. The van der Waals surface area contributed by atoms with E-state index in [4.69, 9.17) is 14.2 Å². The fraction of sp³-hybridized carbons (Fsp3) is 0.429. The summed E-state index contributed by atoms with van der Waals surface area (Å²) < 4.78 is 16.6. The van der Waals surface area contributed by atoms with Crippen LogP contribution in [0.2, 0.25) is 0 Å². The maximum atomic E-state index is 12.0. The minimum atomic E-state index is -0.148. The standard InChI is InChI=1S/C28H37N7O6/c36-23-7-6-21(20-24(23)37)8-9-30-26-32-27(34-28(33-26)35-12-16-41-17-13-35)31-11-15-40-19-18-39-14-10-29-25(38)22-4-2-1-3-5-22/h1-7,20,36-37H,8-19H2,(H,29,38)(H2,30,31,32,33,34). The predicted octanol–water partition coefficient (Wildman–Crippen LogP) is 1.65. The van der Waals surface area contributed by atoms with Crippen LogP contribution in [0.1, 0.15) is 15.9 Å². The highest BCUT2D eigenvalue weighted by atomic mass is 16.5. The summed E-state index contributed by atoms with van der Waals surface area (Å²) >= 11 is 0. The van der Waals surface area contributed by atoms with E-state index in [9.17, 15) is 15.0 Å². The molecule has 3 aromatic rings. The summed E-state index contributed by atoms with van der Waals surface area (Å²) in [5.74, 6) is 1.00. The van der Waals surface area contributed by atoms with Crippen molar-refractivity contribution in [1.82, 2.24) is 20.3 Å². The molecule has 1 aliphatic rings. The van der Waals surface area contributed by atoms with Gasteiger partial charge in [-0.05, 0) is 36.2 Å². The molecule has 1 fully saturated rings. The van der Waals surface area contributed by atoms with Crippen LogP contribution in [-0.4, -0.2) is 103 Å². The lowest BCUT2D eigenvalue weighted by atomic mass is 10.1. The molecule has 1 saturated heterocycles. The Balaban J connectivity index is 1.16. The molecule has 0 aliphatic carbocycles. The number of rotatable bonds is 16. The van der Waals surface area contributed by atoms with E-state index in [1.165, 1.54) is 12.1 Å². The van der Waals surface area contributed by atoms with Gasteiger partial charge in [-0.2, -0.15) is 15.0 Å². The average molecular weight is 568 g/mol. The van der Waals surface area contributed by atoms with E-state index < -0.39 is 0 Å².